The van der Waals surface area contributed by atoms with Gasteiger partial charge in [0.25, 0.3) is 5.56 Å². The number of fused-ring (bicyclic) bond motifs is 1. The molecule has 0 saturated heterocycles. The average Bonchev–Trinajstić information content (AvgIpc) is 3.28. The van der Waals surface area contributed by atoms with Crippen molar-refractivity contribution in [3.8, 4) is 0 Å². The summed E-state index contributed by atoms with van der Waals surface area (Å²) in [5.41, 5.74) is -1.03. The zero-order chi connectivity index (χ0) is 27.8. The van der Waals surface area contributed by atoms with Crippen molar-refractivity contribution in [1.82, 2.24) is 19.2 Å². The number of nitrogens with one attached hydrogen (secondary N) is 1. The van der Waals surface area contributed by atoms with Crippen molar-refractivity contribution in [3.05, 3.63) is 46.5 Å². The molecule has 0 spiro atoms. The highest BCUT2D eigenvalue weighted by molar-refractivity contribution is 5.95. The summed E-state index contributed by atoms with van der Waals surface area (Å²) in [7, 11) is 3.20. The Bertz CT molecular complexity index is 1410. The minimum absolute atomic E-state index is 0.00953. The fourth-order valence-corrected chi connectivity index (χ4v) is 4.55. The van der Waals surface area contributed by atoms with E-state index >= 15 is 0 Å². The Hall–Kier alpha value is -3.93. The summed E-state index contributed by atoms with van der Waals surface area (Å²) in [5, 5.41) is 16.8. The fourth-order valence-electron chi connectivity index (χ4n) is 4.55. The SMILES string of the molecule is CO[C@]1(C)CC[C@@H](n2cccc(Nc3cc(N(C)C(=O)OC(C)(C)C)n4ncc(C(=O)O)c4n3)c2=O)CC1. The maximum Gasteiger partial charge on any atom is 0.415 e. The number of carboxylic acids is 1. The molecule has 1 fully saturated rings. The molecule has 0 bridgehead atoms. The van der Waals surface area contributed by atoms with Crippen LogP contribution in [0, 0.1) is 0 Å². The predicted octanol–water partition coefficient (Wildman–Crippen LogP) is 4.22. The van der Waals surface area contributed by atoms with Crippen LogP contribution >= 0.6 is 0 Å². The number of aromatic carboxylic acids is 1. The highest BCUT2D eigenvalue weighted by atomic mass is 16.6. The maximum absolute atomic E-state index is 13.4. The number of carbonyl (C=O) groups is 2. The number of amides is 1. The van der Waals surface area contributed by atoms with E-state index < -0.39 is 17.7 Å². The van der Waals surface area contributed by atoms with Gasteiger partial charge in [0, 0.05) is 32.5 Å². The molecule has 12 heteroatoms. The van der Waals surface area contributed by atoms with Crippen molar-refractivity contribution >= 4 is 35.0 Å². The summed E-state index contributed by atoms with van der Waals surface area (Å²) < 4.78 is 14.1. The first-order valence-electron chi connectivity index (χ1n) is 12.4. The quantitative estimate of drug-likeness (QED) is 0.483. The van der Waals surface area contributed by atoms with Crippen LogP contribution in [0.15, 0.2) is 35.4 Å². The van der Waals surface area contributed by atoms with Crippen molar-refractivity contribution in [2.24, 2.45) is 0 Å². The van der Waals surface area contributed by atoms with Gasteiger partial charge in [-0.3, -0.25) is 9.69 Å². The molecule has 0 aliphatic heterocycles. The Kier molecular flexibility index (Phi) is 7.20. The van der Waals surface area contributed by atoms with Gasteiger partial charge in [-0.1, -0.05) is 0 Å². The van der Waals surface area contributed by atoms with Crippen molar-refractivity contribution in [3.63, 3.8) is 0 Å². The molecule has 38 heavy (non-hydrogen) atoms. The Balaban J connectivity index is 1.71. The first-order chi connectivity index (χ1) is 17.8. The van der Waals surface area contributed by atoms with E-state index in [4.69, 9.17) is 9.47 Å². The first-order valence-corrected chi connectivity index (χ1v) is 12.4. The summed E-state index contributed by atoms with van der Waals surface area (Å²) in [6, 6.07) is 4.96. The summed E-state index contributed by atoms with van der Waals surface area (Å²) in [6.07, 6.45) is 5.57. The van der Waals surface area contributed by atoms with Crippen LogP contribution in [0.4, 0.5) is 22.1 Å². The molecule has 0 atom stereocenters. The molecule has 1 amide bonds. The molecule has 204 valence electrons. The minimum Gasteiger partial charge on any atom is -0.477 e. The molecule has 1 aliphatic carbocycles. The number of methoxy groups -OCH3 is 1. The molecule has 2 N–H and O–H groups in total. The van der Waals surface area contributed by atoms with Gasteiger partial charge in [0.2, 0.25) is 0 Å². The van der Waals surface area contributed by atoms with Crippen molar-refractivity contribution < 1.29 is 24.2 Å². The second-order valence-electron chi connectivity index (χ2n) is 10.8. The summed E-state index contributed by atoms with van der Waals surface area (Å²) in [5.74, 6) is -0.837. The highest BCUT2D eigenvalue weighted by Crippen LogP contribution is 2.36. The Labute approximate surface area is 220 Å². The number of hydrogen-bond acceptors (Lipinski definition) is 8. The lowest BCUT2D eigenvalue weighted by molar-refractivity contribution is -0.0324. The third-order valence-electron chi connectivity index (χ3n) is 6.83. The Morgan fingerprint density at radius 1 is 1.26 bits per heavy atom. The molecule has 3 heterocycles. The zero-order valence-electron chi connectivity index (χ0n) is 22.5. The lowest BCUT2D eigenvalue weighted by Gasteiger charge is -2.36. The standard InChI is InChI=1S/C26H34N6O6/c1-25(2,3)38-24(36)30(5)20-14-19(29-21-17(23(34)35)15-27-32(20)21)28-18-8-7-13-31(22(18)33)16-9-11-26(4,37-6)12-10-16/h7-8,13-16H,9-12H2,1-6H3,(H,28,29)(H,34,35)/t16-,26-. The van der Waals surface area contributed by atoms with E-state index in [0.717, 1.165) is 31.9 Å². The Morgan fingerprint density at radius 3 is 2.55 bits per heavy atom. The molecule has 12 nitrogen and oxygen atoms in total. The number of ether oxygens (including phenoxy) is 2. The molecule has 0 aromatic carbocycles. The molecule has 3 aromatic rings. The van der Waals surface area contributed by atoms with Gasteiger partial charge in [0.05, 0.1) is 11.8 Å². The lowest BCUT2D eigenvalue weighted by Crippen LogP contribution is -2.36. The summed E-state index contributed by atoms with van der Waals surface area (Å²) in [6.45, 7) is 7.31. The van der Waals surface area contributed by atoms with E-state index in [2.05, 4.69) is 22.3 Å². The number of rotatable bonds is 6. The van der Waals surface area contributed by atoms with Crippen LogP contribution in [0.5, 0.6) is 0 Å². The van der Waals surface area contributed by atoms with E-state index in [0.29, 0.717) is 0 Å². The minimum atomic E-state index is -1.22. The molecular weight excluding hydrogens is 492 g/mol. The van der Waals surface area contributed by atoms with Crippen LogP contribution in [0.2, 0.25) is 0 Å². The van der Waals surface area contributed by atoms with Gasteiger partial charge in [-0.25, -0.2) is 14.6 Å². The first kappa shape index (κ1) is 27.1. The second-order valence-corrected chi connectivity index (χ2v) is 10.8. The largest absolute Gasteiger partial charge is 0.477 e. The molecule has 0 radical (unpaired) electrons. The van der Waals surface area contributed by atoms with Gasteiger partial charge in [-0.15, -0.1) is 0 Å². The Morgan fingerprint density at radius 2 is 1.95 bits per heavy atom. The van der Waals surface area contributed by atoms with Gasteiger partial charge in [-0.2, -0.15) is 9.61 Å². The molecular formula is C26H34N6O6. The molecule has 1 aliphatic rings. The number of pyridine rings is 1. The molecule has 1 saturated carbocycles. The van der Waals surface area contributed by atoms with Crippen LogP contribution in [0.25, 0.3) is 5.65 Å². The molecule has 4 rings (SSSR count). The van der Waals surface area contributed by atoms with E-state index in [-0.39, 0.29) is 45.7 Å². The van der Waals surface area contributed by atoms with E-state index in [1.165, 1.54) is 22.5 Å². The smallest absolute Gasteiger partial charge is 0.415 e. The van der Waals surface area contributed by atoms with Gasteiger partial charge in [0.1, 0.15) is 28.5 Å². The number of carbonyl (C=O) groups excluding carboxylic acids is 1. The predicted molar refractivity (Wildman–Crippen MR) is 141 cm³/mol. The van der Waals surface area contributed by atoms with Gasteiger partial charge >= 0.3 is 12.1 Å². The summed E-state index contributed by atoms with van der Waals surface area (Å²) in [4.78, 5) is 43.6. The van der Waals surface area contributed by atoms with Crippen molar-refractivity contribution in [2.75, 3.05) is 24.4 Å². The van der Waals surface area contributed by atoms with Crippen LogP contribution < -0.4 is 15.8 Å². The lowest BCUT2D eigenvalue weighted by atomic mass is 9.83. The van der Waals surface area contributed by atoms with E-state index in [9.17, 15) is 19.5 Å². The van der Waals surface area contributed by atoms with E-state index in [1.54, 1.807) is 50.8 Å². The van der Waals surface area contributed by atoms with Crippen molar-refractivity contribution in [2.45, 2.75) is 70.6 Å². The topological polar surface area (TPSA) is 140 Å². The van der Waals surface area contributed by atoms with Crippen LogP contribution in [-0.4, -0.2) is 61.7 Å². The maximum atomic E-state index is 13.4. The van der Waals surface area contributed by atoms with Crippen LogP contribution in [0.3, 0.4) is 0 Å². The van der Waals surface area contributed by atoms with Gasteiger partial charge < -0.3 is 24.5 Å². The number of hydrogen-bond donors (Lipinski definition) is 2. The average molecular weight is 527 g/mol. The summed E-state index contributed by atoms with van der Waals surface area (Å²) >= 11 is 0. The van der Waals surface area contributed by atoms with Crippen LogP contribution in [0.1, 0.15) is 69.8 Å². The van der Waals surface area contributed by atoms with Gasteiger partial charge in [-0.05, 0) is 65.5 Å². The zero-order valence-corrected chi connectivity index (χ0v) is 22.5. The number of aromatic nitrogens is 4. The number of carboxylic acid groups (broad SMARTS) is 1. The van der Waals surface area contributed by atoms with Crippen LogP contribution in [-0.2, 0) is 9.47 Å². The fraction of sp³-hybridized carbons (Fsp3) is 0.500. The van der Waals surface area contributed by atoms with E-state index in [1.807, 2.05) is 0 Å². The second kappa shape index (κ2) is 10.1. The molecule has 0 unspecified atom stereocenters. The van der Waals surface area contributed by atoms with Crippen molar-refractivity contribution in [1.29, 1.82) is 0 Å². The normalized spacial score (nSPS) is 19.8. The number of anilines is 3. The number of nitrogens with zero attached hydrogens (tertiary/aromatic N) is 5. The highest BCUT2D eigenvalue weighted by Gasteiger charge is 2.32. The third kappa shape index (κ3) is 5.49. The van der Waals surface area contributed by atoms with Gasteiger partial charge in [0.15, 0.2) is 5.65 Å². The molecule has 3 aromatic heterocycles. The third-order valence-corrected chi connectivity index (χ3v) is 6.83. The monoisotopic (exact) mass is 526 g/mol.